The fraction of sp³-hybridized carbons (Fsp3) is 0.364. The zero-order valence-electron chi connectivity index (χ0n) is 9.42. The Kier molecular flexibility index (Phi) is 3.06. The number of nitro groups is 1. The molecule has 1 aliphatic rings. The molecule has 0 saturated carbocycles. The Morgan fingerprint density at radius 1 is 1.41 bits per heavy atom. The number of likely N-dealkylation sites (N-methyl/N-ethyl adjacent to an activating group) is 1. The van der Waals surface area contributed by atoms with Gasteiger partial charge in [-0.2, -0.15) is 0 Å². The summed E-state index contributed by atoms with van der Waals surface area (Å²) in [7, 11) is 1.75. The van der Waals surface area contributed by atoms with Crippen molar-refractivity contribution in [2.45, 2.75) is 6.04 Å². The van der Waals surface area contributed by atoms with Crippen molar-refractivity contribution in [2.75, 3.05) is 20.1 Å². The highest BCUT2D eigenvalue weighted by molar-refractivity contribution is 5.94. The second-order valence-electron chi connectivity index (χ2n) is 4.03. The molecule has 1 aromatic rings. The summed E-state index contributed by atoms with van der Waals surface area (Å²) in [5, 5.41) is 13.6. The average Bonchev–Trinajstić information content (AvgIpc) is 2.25. The van der Waals surface area contributed by atoms with E-state index in [1.807, 2.05) is 0 Å². The molecule has 1 aliphatic heterocycles. The van der Waals surface area contributed by atoms with E-state index < -0.39 is 4.92 Å². The van der Waals surface area contributed by atoms with Crippen LogP contribution in [0.5, 0.6) is 0 Å². The SMILES string of the molecule is CN(C(=O)c1ccc([N+](=O)[O-])cc1)C1CNC1. The van der Waals surface area contributed by atoms with Gasteiger partial charge in [0.1, 0.15) is 0 Å². The molecule has 1 saturated heterocycles. The molecule has 0 radical (unpaired) electrons. The van der Waals surface area contributed by atoms with E-state index in [2.05, 4.69) is 5.32 Å². The third-order valence-electron chi connectivity index (χ3n) is 2.95. The first-order valence-corrected chi connectivity index (χ1v) is 5.32. The molecule has 1 N–H and O–H groups in total. The van der Waals surface area contributed by atoms with Crippen molar-refractivity contribution in [3.05, 3.63) is 39.9 Å². The Bertz CT molecular complexity index is 440. The van der Waals surface area contributed by atoms with E-state index in [1.165, 1.54) is 24.3 Å². The summed E-state index contributed by atoms with van der Waals surface area (Å²) < 4.78 is 0. The Morgan fingerprint density at radius 3 is 2.41 bits per heavy atom. The van der Waals surface area contributed by atoms with Crippen molar-refractivity contribution in [3.8, 4) is 0 Å². The summed E-state index contributed by atoms with van der Waals surface area (Å²) in [5.41, 5.74) is 0.472. The molecule has 1 heterocycles. The first-order chi connectivity index (χ1) is 8.09. The molecule has 1 amide bonds. The lowest BCUT2D eigenvalue weighted by molar-refractivity contribution is -0.384. The molecule has 2 rings (SSSR count). The van der Waals surface area contributed by atoms with Gasteiger partial charge in [0.25, 0.3) is 11.6 Å². The lowest BCUT2D eigenvalue weighted by atomic mass is 10.1. The minimum absolute atomic E-state index is 0.00508. The molecule has 1 aromatic carbocycles. The predicted octanol–water partition coefficient (Wildman–Crippen LogP) is 0.639. The van der Waals surface area contributed by atoms with Gasteiger partial charge in [-0.15, -0.1) is 0 Å². The zero-order valence-corrected chi connectivity index (χ0v) is 9.42. The van der Waals surface area contributed by atoms with Crippen LogP contribution in [0.25, 0.3) is 0 Å². The standard InChI is InChI=1S/C11H13N3O3/c1-13(10-6-12-7-10)11(15)8-2-4-9(5-3-8)14(16)17/h2-5,10,12H,6-7H2,1H3. The molecular weight excluding hydrogens is 222 g/mol. The van der Waals surface area contributed by atoms with E-state index in [0.717, 1.165) is 13.1 Å². The van der Waals surface area contributed by atoms with Crippen molar-refractivity contribution >= 4 is 11.6 Å². The van der Waals surface area contributed by atoms with Crippen LogP contribution in [0.4, 0.5) is 5.69 Å². The topological polar surface area (TPSA) is 75.5 Å². The predicted molar refractivity (Wildman–Crippen MR) is 61.8 cm³/mol. The van der Waals surface area contributed by atoms with E-state index in [4.69, 9.17) is 0 Å². The molecule has 0 unspecified atom stereocenters. The van der Waals surface area contributed by atoms with E-state index >= 15 is 0 Å². The second-order valence-corrected chi connectivity index (χ2v) is 4.03. The first-order valence-electron chi connectivity index (χ1n) is 5.32. The van der Waals surface area contributed by atoms with Gasteiger partial charge in [-0.05, 0) is 12.1 Å². The van der Waals surface area contributed by atoms with Crippen LogP contribution in [0, 0.1) is 10.1 Å². The Hall–Kier alpha value is -1.95. The van der Waals surface area contributed by atoms with Crippen LogP contribution in [-0.2, 0) is 0 Å². The summed E-state index contributed by atoms with van der Waals surface area (Å²) in [5.74, 6) is -0.105. The van der Waals surface area contributed by atoms with Crippen LogP contribution in [0.3, 0.4) is 0 Å². The van der Waals surface area contributed by atoms with E-state index in [1.54, 1.807) is 11.9 Å². The first kappa shape index (κ1) is 11.5. The van der Waals surface area contributed by atoms with E-state index in [9.17, 15) is 14.9 Å². The Morgan fingerprint density at radius 2 is 2.00 bits per heavy atom. The van der Waals surface area contributed by atoms with Gasteiger partial charge in [0.2, 0.25) is 0 Å². The third-order valence-corrected chi connectivity index (χ3v) is 2.95. The van der Waals surface area contributed by atoms with Gasteiger partial charge in [0, 0.05) is 37.8 Å². The third kappa shape index (κ3) is 2.26. The number of hydrogen-bond donors (Lipinski definition) is 1. The van der Waals surface area contributed by atoms with Gasteiger partial charge in [-0.25, -0.2) is 0 Å². The lowest BCUT2D eigenvalue weighted by Crippen LogP contribution is -2.57. The van der Waals surface area contributed by atoms with E-state index in [-0.39, 0.29) is 17.6 Å². The number of nitrogens with one attached hydrogen (secondary N) is 1. The zero-order chi connectivity index (χ0) is 12.4. The van der Waals surface area contributed by atoms with Gasteiger partial charge >= 0.3 is 0 Å². The normalized spacial score (nSPS) is 15.1. The number of hydrogen-bond acceptors (Lipinski definition) is 4. The van der Waals surface area contributed by atoms with E-state index in [0.29, 0.717) is 5.56 Å². The fourth-order valence-corrected chi connectivity index (χ4v) is 1.64. The van der Waals surface area contributed by atoms with Crippen LogP contribution >= 0.6 is 0 Å². The molecule has 90 valence electrons. The van der Waals surface area contributed by atoms with Crippen LogP contribution in [0.15, 0.2) is 24.3 Å². The van der Waals surface area contributed by atoms with Crippen molar-refractivity contribution in [1.82, 2.24) is 10.2 Å². The van der Waals surface area contributed by atoms with Crippen LogP contribution in [0.2, 0.25) is 0 Å². The molecule has 1 fully saturated rings. The lowest BCUT2D eigenvalue weighted by Gasteiger charge is -2.35. The quantitative estimate of drug-likeness (QED) is 0.616. The maximum atomic E-state index is 12.0. The average molecular weight is 235 g/mol. The smallest absolute Gasteiger partial charge is 0.269 e. The molecular formula is C11H13N3O3. The number of nitrogens with zero attached hydrogens (tertiary/aromatic N) is 2. The van der Waals surface area contributed by atoms with Crippen molar-refractivity contribution in [2.24, 2.45) is 0 Å². The summed E-state index contributed by atoms with van der Waals surface area (Å²) in [6.07, 6.45) is 0. The fourth-order valence-electron chi connectivity index (χ4n) is 1.64. The van der Waals surface area contributed by atoms with Gasteiger partial charge in [-0.3, -0.25) is 14.9 Å². The minimum Gasteiger partial charge on any atom is -0.336 e. The Labute approximate surface area is 98.4 Å². The van der Waals surface area contributed by atoms with Crippen LogP contribution < -0.4 is 5.32 Å². The highest BCUT2D eigenvalue weighted by Gasteiger charge is 2.26. The summed E-state index contributed by atoms with van der Waals surface area (Å²) in [4.78, 5) is 23.7. The number of amides is 1. The highest BCUT2D eigenvalue weighted by Crippen LogP contribution is 2.14. The summed E-state index contributed by atoms with van der Waals surface area (Å²) >= 11 is 0. The summed E-state index contributed by atoms with van der Waals surface area (Å²) in [6, 6.07) is 5.89. The number of benzene rings is 1. The maximum absolute atomic E-state index is 12.0. The number of non-ortho nitro benzene ring substituents is 1. The van der Waals surface area contributed by atoms with Gasteiger partial charge in [0.15, 0.2) is 0 Å². The van der Waals surface area contributed by atoms with Crippen molar-refractivity contribution in [3.63, 3.8) is 0 Å². The molecule has 0 aliphatic carbocycles. The summed E-state index contributed by atoms with van der Waals surface area (Å²) in [6.45, 7) is 1.60. The number of carbonyl (C=O) groups excluding carboxylic acids is 1. The Balaban J connectivity index is 2.10. The highest BCUT2D eigenvalue weighted by atomic mass is 16.6. The van der Waals surface area contributed by atoms with Gasteiger partial charge < -0.3 is 10.2 Å². The second kappa shape index (κ2) is 4.50. The van der Waals surface area contributed by atoms with Crippen LogP contribution in [0.1, 0.15) is 10.4 Å². The largest absolute Gasteiger partial charge is 0.336 e. The molecule has 6 heteroatoms. The number of nitro benzene ring substituents is 1. The molecule has 0 aromatic heterocycles. The number of carbonyl (C=O) groups is 1. The van der Waals surface area contributed by atoms with Crippen LogP contribution in [-0.4, -0.2) is 41.9 Å². The van der Waals surface area contributed by atoms with Crippen molar-refractivity contribution < 1.29 is 9.72 Å². The van der Waals surface area contributed by atoms with Gasteiger partial charge in [-0.1, -0.05) is 0 Å². The van der Waals surface area contributed by atoms with Gasteiger partial charge in [0.05, 0.1) is 11.0 Å². The minimum atomic E-state index is -0.478. The molecule has 0 spiro atoms. The number of rotatable bonds is 3. The van der Waals surface area contributed by atoms with Crippen molar-refractivity contribution in [1.29, 1.82) is 0 Å². The molecule has 6 nitrogen and oxygen atoms in total. The maximum Gasteiger partial charge on any atom is 0.269 e. The monoisotopic (exact) mass is 235 g/mol. The molecule has 17 heavy (non-hydrogen) atoms. The molecule has 0 atom stereocenters. The molecule has 0 bridgehead atoms.